The zero-order valence-electron chi connectivity index (χ0n) is 11.3. The van der Waals surface area contributed by atoms with Crippen LogP contribution in [-0.4, -0.2) is 64.4 Å². The first-order valence-corrected chi connectivity index (χ1v) is 6.89. The summed E-state index contributed by atoms with van der Waals surface area (Å²) >= 11 is 0. The number of nitrogens with one attached hydrogen (secondary N) is 5. The van der Waals surface area contributed by atoms with Gasteiger partial charge >= 0.3 is 0 Å². The first-order valence-electron chi connectivity index (χ1n) is 6.89. The minimum atomic E-state index is 0.514. The highest BCUT2D eigenvalue weighted by atomic mass is 15.1. The summed E-state index contributed by atoms with van der Waals surface area (Å²) in [4.78, 5) is 0. The van der Waals surface area contributed by atoms with Crippen molar-refractivity contribution in [3.05, 3.63) is 0 Å². The van der Waals surface area contributed by atoms with E-state index in [4.69, 9.17) is 0 Å². The maximum Gasteiger partial charge on any atom is 0.0190 e. The Kier molecular flexibility index (Phi) is 8.56. The highest BCUT2D eigenvalue weighted by Crippen LogP contribution is 1.90. The summed E-state index contributed by atoms with van der Waals surface area (Å²) in [5, 5.41) is 17.3. The van der Waals surface area contributed by atoms with E-state index in [0.29, 0.717) is 12.1 Å². The third-order valence-electron chi connectivity index (χ3n) is 3.24. The Balaban J connectivity index is 2.21. The fraction of sp³-hybridized carbons (Fsp3) is 1.00. The highest BCUT2D eigenvalue weighted by molar-refractivity contribution is 4.75. The van der Waals surface area contributed by atoms with Gasteiger partial charge in [0.25, 0.3) is 0 Å². The second kappa shape index (κ2) is 9.79. The lowest BCUT2D eigenvalue weighted by atomic mass is 10.1. The van der Waals surface area contributed by atoms with Crippen LogP contribution in [0.25, 0.3) is 0 Å². The second-order valence-corrected chi connectivity index (χ2v) is 4.74. The van der Waals surface area contributed by atoms with E-state index in [1.165, 1.54) is 0 Å². The van der Waals surface area contributed by atoms with Crippen molar-refractivity contribution in [3.63, 3.8) is 0 Å². The van der Waals surface area contributed by atoms with Crippen molar-refractivity contribution in [2.24, 2.45) is 0 Å². The van der Waals surface area contributed by atoms with E-state index in [0.717, 1.165) is 52.4 Å². The molecular weight excluding hydrogens is 214 g/mol. The Morgan fingerprint density at radius 1 is 0.529 bits per heavy atom. The molecule has 0 saturated carbocycles. The molecule has 1 heterocycles. The Morgan fingerprint density at radius 2 is 0.824 bits per heavy atom. The van der Waals surface area contributed by atoms with E-state index in [1.54, 1.807) is 0 Å². The lowest BCUT2D eigenvalue weighted by molar-refractivity contribution is 0.407. The molecule has 2 atom stereocenters. The standard InChI is InChI=1S/C12H29N5/c1-11-12(2)17-10-8-15-6-4-13-3-5-14-7-9-16-11/h11-17H,3-10H2,1-2H3/t11-,12-/m0/s1. The quantitative estimate of drug-likeness (QED) is 0.367. The first kappa shape index (κ1) is 14.9. The van der Waals surface area contributed by atoms with Gasteiger partial charge in [-0.05, 0) is 13.8 Å². The van der Waals surface area contributed by atoms with Crippen molar-refractivity contribution >= 4 is 0 Å². The second-order valence-electron chi connectivity index (χ2n) is 4.74. The molecule has 0 aliphatic carbocycles. The molecule has 5 N–H and O–H groups in total. The summed E-state index contributed by atoms with van der Waals surface area (Å²) in [7, 11) is 0. The Morgan fingerprint density at radius 3 is 1.18 bits per heavy atom. The molecule has 1 fully saturated rings. The van der Waals surface area contributed by atoms with Gasteiger partial charge in [0.2, 0.25) is 0 Å². The van der Waals surface area contributed by atoms with E-state index in [9.17, 15) is 0 Å². The van der Waals surface area contributed by atoms with Crippen LogP contribution in [0.15, 0.2) is 0 Å². The number of hydrogen-bond donors (Lipinski definition) is 5. The van der Waals surface area contributed by atoms with Gasteiger partial charge in [-0.3, -0.25) is 0 Å². The molecule has 102 valence electrons. The molecule has 1 rings (SSSR count). The lowest BCUT2D eigenvalue weighted by Gasteiger charge is -2.22. The summed E-state index contributed by atoms with van der Waals surface area (Å²) in [6, 6.07) is 1.03. The van der Waals surface area contributed by atoms with Gasteiger partial charge in [0.15, 0.2) is 0 Å². The summed E-state index contributed by atoms with van der Waals surface area (Å²) < 4.78 is 0. The van der Waals surface area contributed by atoms with Crippen molar-refractivity contribution in [1.29, 1.82) is 0 Å². The van der Waals surface area contributed by atoms with Gasteiger partial charge in [0.05, 0.1) is 0 Å². The maximum absolute atomic E-state index is 3.54. The minimum Gasteiger partial charge on any atom is -0.314 e. The van der Waals surface area contributed by atoms with E-state index in [-0.39, 0.29) is 0 Å². The molecular formula is C12H29N5. The van der Waals surface area contributed by atoms with Crippen molar-refractivity contribution in [2.45, 2.75) is 25.9 Å². The SMILES string of the molecule is C[C@@H]1NCCNCCNCCNCCN[C@H]1C. The minimum absolute atomic E-state index is 0.514. The van der Waals surface area contributed by atoms with Crippen molar-refractivity contribution in [2.75, 3.05) is 52.4 Å². The summed E-state index contributed by atoms with van der Waals surface area (Å²) in [5.41, 5.74) is 0. The predicted molar refractivity (Wildman–Crippen MR) is 73.5 cm³/mol. The van der Waals surface area contributed by atoms with E-state index in [1.807, 2.05) is 0 Å². The van der Waals surface area contributed by atoms with E-state index in [2.05, 4.69) is 40.4 Å². The molecule has 0 unspecified atom stereocenters. The third kappa shape index (κ3) is 7.68. The Labute approximate surface area is 105 Å². The topological polar surface area (TPSA) is 60.1 Å². The van der Waals surface area contributed by atoms with Crippen LogP contribution in [-0.2, 0) is 0 Å². The van der Waals surface area contributed by atoms with Gasteiger partial charge in [-0.25, -0.2) is 0 Å². The molecule has 0 radical (unpaired) electrons. The molecule has 0 aromatic carbocycles. The van der Waals surface area contributed by atoms with Crippen molar-refractivity contribution in [3.8, 4) is 0 Å². The summed E-state index contributed by atoms with van der Waals surface area (Å²) in [6.45, 7) is 12.8. The molecule has 0 aromatic rings. The van der Waals surface area contributed by atoms with Crippen LogP contribution in [0.5, 0.6) is 0 Å². The smallest absolute Gasteiger partial charge is 0.0190 e. The van der Waals surface area contributed by atoms with Crippen LogP contribution in [0.1, 0.15) is 13.8 Å². The van der Waals surface area contributed by atoms with E-state index < -0.39 is 0 Å². The number of rotatable bonds is 0. The average molecular weight is 243 g/mol. The van der Waals surface area contributed by atoms with Crippen LogP contribution < -0.4 is 26.6 Å². The van der Waals surface area contributed by atoms with Gasteiger partial charge in [0, 0.05) is 64.4 Å². The monoisotopic (exact) mass is 243 g/mol. The van der Waals surface area contributed by atoms with Crippen molar-refractivity contribution < 1.29 is 0 Å². The largest absolute Gasteiger partial charge is 0.314 e. The number of hydrogen-bond acceptors (Lipinski definition) is 5. The lowest BCUT2D eigenvalue weighted by Crippen LogP contribution is -2.47. The first-order chi connectivity index (χ1) is 8.30. The van der Waals surface area contributed by atoms with E-state index >= 15 is 0 Å². The van der Waals surface area contributed by atoms with Crippen LogP contribution in [0.2, 0.25) is 0 Å². The fourth-order valence-electron chi connectivity index (χ4n) is 1.86. The van der Waals surface area contributed by atoms with Gasteiger partial charge in [-0.15, -0.1) is 0 Å². The molecule has 1 aliphatic heterocycles. The zero-order chi connectivity index (χ0) is 12.3. The highest BCUT2D eigenvalue weighted by Gasteiger charge is 2.09. The third-order valence-corrected chi connectivity index (χ3v) is 3.24. The van der Waals surface area contributed by atoms with Gasteiger partial charge in [-0.1, -0.05) is 0 Å². The molecule has 1 saturated heterocycles. The molecule has 5 heteroatoms. The predicted octanol–water partition coefficient (Wildman–Crippen LogP) is -1.27. The Bertz CT molecular complexity index is 158. The Hall–Kier alpha value is -0.200. The maximum atomic E-state index is 3.54. The van der Waals surface area contributed by atoms with Gasteiger partial charge in [-0.2, -0.15) is 0 Å². The fourth-order valence-corrected chi connectivity index (χ4v) is 1.86. The molecule has 0 aromatic heterocycles. The molecule has 17 heavy (non-hydrogen) atoms. The van der Waals surface area contributed by atoms with Crippen LogP contribution >= 0.6 is 0 Å². The van der Waals surface area contributed by atoms with Crippen molar-refractivity contribution in [1.82, 2.24) is 26.6 Å². The van der Waals surface area contributed by atoms with Crippen LogP contribution in [0.4, 0.5) is 0 Å². The molecule has 0 spiro atoms. The van der Waals surface area contributed by atoms with Crippen LogP contribution in [0.3, 0.4) is 0 Å². The van der Waals surface area contributed by atoms with Gasteiger partial charge in [0.1, 0.15) is 0 Å². The average Bonchev–Trinajstić information content (AvgIpc) is 2.34. The molecule has 5 nitrogen and oxygen atoms in total. The molecule has 1 aliphatic rings. The summed E-state index contributed by atoms with van der Waals surface area (Å²) in [6.07, 6.45) is 0. The zero-order valence-corrected chi connectivity index (χ0v) is 11.3. The van der Waals surface area contributed by atoms with Gasteiger partial charge < -0.3 is 26.6 Å². The summed E-state index contributed by atoms with van der Waals surface area (Å²) in [5.74, 6) is 0. The normalized spacial score (nSPS) is 31.4. The van der Waals surface area contributed by atoms with Crippen LogP contribution in [0, 0.1) is 0 Å². The molecule has 0 bridgehead atoms. The molecule has 0 amide bonds.